The van der Waals surface area contributed by atoms with Gasteiger partial charge in [-0.15, -0.1) is 6.58 Å². The summed E-state index contributed by atoms with van der Waals surface area (Å²) in [6, 6.07) is 8.74. The molecule has 2 nitrogen and oxygen atoms in total. The van der Waals surface area contributed by atoms with Gasteiger partial charge in [0.1, 0.15) is 0 Å². The zero-order chi connectivity index (χ0) is 13.9. The van der Waals surface area contributed by atoms with E-state index in [2.05, 4.69) is 54.9 Å². The second-order valence-corrected chi connectivity index (χ2v) is 4.97. The smallest absolute Gasteiger partial charge is 0.0240 e. The average Bonchev–Trinajstić information content (AvgIpc) is 2.41. The molecule has 0 spiro atoms. The van der Waals surface area contributed by atoms with E-state index < -0.39 is 0 Å². The van der Waals surface area contributed by atoms with Crippen molar-refractivity contribution in [1.82, 2.24) is 10.2 Å². The van der Waals surface area contributed by atoms with E-state index in [0.717, 1.165) is 32.7 Å². The summed E-state index contributed by atoms with van der Waals surface area (Å²) in [6.45, 7) is 13.4. The zero-order valence-corrected chi connectivity index (χ0v) is 12.5. The molecule has 19 heavy (non-hydrogen) atoms. The number of hydrogen-bond donors (Lipinski definition) is 1. The van der Waals surface area contributed by atoms with Crippen LogP contribution in [0.5, 0.6) is 0 Å². The summed E-state index contributed by atoms with van der Waals surface area (Å²) in [4.78, 5) is 2.45. The number of nitrogens with one attached hydrogen (secondary N) is 1. The molecule has 0 saturated heterocycles. The molecule has 1 aromatic rings. The van der Waals surface area contributed by atoms with Crippen molar-refractivity contribution < 1.29 is 0 Å². The Labute approximate surface area is 118 Å². The van der Waals surface area contributed by atoms with Gasteiger partial charge >= 0.3 is 0 Å². The Balaban J connectivity index is 2.66. The highest BCUT2D eigenvalue weighted by Crippen LogP contribution is 2.12. The fourth-order valence-electron chi connectivity index (χ4n) is 2.26. The van der Waals surface area contributed by atoms with Crippen LogP contribution in [-0.4, -0.2) is 24.5 Å². The Kier molecular flexibility index (Phi) is 8.19. The maximum absolute atomic E-state index is 3.85. The van der Waals surface area contributed by atoms with Crippen molar-refractivity contribution in [3.63, 3.8) is 0 Å². The molecule has 0 heterocycles. The first-order valence-corrected chi connectivity index (χ1v) is 7.42. The zero-order valence-electron chi connectivity index (χ0n) is 12.5. The molecule has 0 aliphatic heterocycles. The van der Waals surface area contributed by atoms with Crippen molar-refractivity contribution in [2.24, 2.45) is 0 Å². The molecule has 106 valence electrons. The lowest BCUT2D eigenvalue weighted by molar-refractivity contribution is 0.294. The lowest BCUT2D eigenvalue weighted by Gasteiger charge is -2.21. The minimum absolute atomic E-state index is 0.963. The maximum atomic E-state index is 3.85. The third-order valence-electron chi connectivity index (χ3n) is 3.18. The van der Waals surface area contributed by atoms with E-state index in [1.54, 1.807) is 0 Å². The Hall–Kier alpha value is -1.12. The lowest BCUT2D eigenvalue weighted by atomic mass is 10.1. The number of hydrogen-bond acceptors (Lipinski definition) is 2. The second kappa shape index (κ2) is 9.76. The largest absolute Gasteiger partial charge is 0.313 e. The quantitative estimate of drug-likeness (QED) is 0.511. The molecular formula is C17H28N2. The molecule has 0 aliphatic carbocycles. The van der Waals surface area contributed by atoms with Gasteiger partial charge in [0.25, 0.3) is 0 Å². The van der Waals surface area contributed by atoms with Gasteiger partial charge in [0, 0.05) is 19.6 Å². The third-order valence-corrected chi connectivity index (χ3v) is 3.18. The van der Waals surface area contributed by atoms with Crippen molar-refractivity contribution in [3.05, 3.63) is 48.0 Å². The molecular weight excluding hydrogens is 232 g/mol. The van der Waals surface area contributed by atoms with Crippen LogP contribution >= 0.6 is 0 Å². The van der Waals surface area contributed by atoms with Gasteiger partial charge in [-0.1, -0.05) is 44.2 Å². The van der Waals surface area contributed by atoms with E-state index in [0.29, 0.717) is 0 Å². The van der Waals surface area contributed by atoms with Gasteiger partial charge in [0.2, 0.25) is 0 Å². The van der Waals surface area contributed by atoms with Crippen LogP contribution in [0.1, 0.15) is 37.8 Å². The van der Waals surface area contributed by atoms with Crippen LogP contribution in [0.4, 0.5) is 0 Å². The molecule has 0 fully saturated rings. The summed E-state index contributed by atoms with van der Waals surface area (Å²) in [5.41, 5.74) is 2.85. The minimum atomic E-state index is 0.963. The van der Waals surface area contributed by atoms with E-state index in [1.165, 1.54) is 24.0 Å². The number of nitrogens with zero attached hydrogens (tertiary/aromatic N) is 1. The average molecular weight is 260 g/mol. The summed E-state index contributed by atoms with van der Waals surface area (Å²) in [6.07, 6.45) is 4.36. The summed E-state index contributed by atoms with van der Waals surface area (Å²) in [5.74, 6) is 0. The molecule has 2 heteroatoms. The predicted molar refractivity (Wildman–Crippen MR) is 84.2 cm³/mol. The lowest BCUT2D eigenvalue weighted by Crippen LogP contribution is -2.25. The first kappa shape index (κ1) is 15.9. The molecule has 1 rings (SSSR count). The van der Waals surface area contributed by atoms with Crippen LogP contribution in [0.25, 0.3) is 0 Å². The Morgan fingerprint density at radius 3 is 2.53 bits per heavy atom. The van der Waals surface area contributed by atoms with Crippen molar-refractivity contribution in [1.29, 1.82) is 0 Å². The summed E-state index contributed by atoms with van der Waals surface area (Å²) in [7, 11) is 0. The van der Waals surface area contributed by atoms with Crippen LogP contribution in [0, 0.1) is 0 Å². The van der Waals surface area contributed by atoms with Crippen LogP contribution in [0.3, 0.4) is 0 Å². The van der Waals surface area contributed by atoms with Gasteiger partial charge in [-0.2, -0.15) is 0 Å². The Morgan fingerprint density at radius 2 is 1.89 bits per heavy atom. The van der Waals surface area contributed by atoms with Crippen LogP contribution in [-0.2, 0) is 13.1 Å². The Morgan fingerprint density at radius 1 is 1.16 bits per heavy atom. The molecule has 1 N–H and O–H groups in total. The highest BCUT2D eigenvalue weighted by Gasteiger charge is 2.06. The van der Waals surface area contributed by atoms with Crippen molar-refractivity contribution in [2.75, 3.05) is 19.6 Å². The third kappa shape index (κ3) is 6.04. The second-order valence-electron chi connectivity index (χ2n) is 4.97. The molecule has 0 unspecified atom stereocenters. The van der Waals surface area contributed by atoms with Gasteiger partial charge in [-0.25, -0.2) is 0 Å². The highest BCUT2D eigenvalue weighted by atomic mass is 15.1. The van der Waals surface area contributed by atoms with Crippen LogP contribution < -0.4 is 5.32 Å². The summed E-state index contributed by atoms with van der Waals surface area (Å²) >= 11 is 0. The maximum Gasteiger partial charge on any atom is 0.0240 e. The van der Waals surface area contributed by atoms with E-state index in [4.69, 9.17) is 0 Å². The first-order valence-electron chi connectivity index (χ1n) is 7.42. The van der Waals surface area contributed by atoms with Gasteiger partial charge in [-0.3, -0.25) is 4.90 Å². The summed E-state index contributed by atoms with van der Waals surface area (Å²) in [5, 5.41) is 3.49. The molecule has 0 amide bonds. The molecule has 0 atom stereocenters. The van der Waals surface area contributed by atoms with Gasteiger partial charge in [0.15, 0.2) is 0 Å². The van der Waals surface area contributed by atoms with Crippen LogP contribution in [0.2, 0.25) is 0 Å². The monoisotopic (exact) mass is 260 g/mol. The first-order chi connectivity index (χ1) is 9.31. The van der Waals surface area contributed by atoms with E-state index >= 15 is 0 Å². The molecule has 0 aliphatic rings. The molecule has 1 aromatic carbocycles. The van der Waals surface area contributed by atoms with Gasteiger partial charge < -0.3 is 5.32 Å². The number of rotatable bonds is 10. The summed E-state index contributed by atoms with van der Waals surface area (Å²) < 4.78 is 0. The fraction of sp³-hybridized carbons (Fsp3) is 0.529. The molecule has 0 bridgehead atoms. The van der Waals surface area contributed by atoms with Crippen LogP contribution in [0.15, 0.2) is 36.9 Å². The SMILES string of the molecule is C=CCN(CCC)Cc1ccccc1CNCCC. The van der Waals surface area contributed by atoms with E-state index in [1.807, 2.05) is 6.08 Å². The normalized spacial score (nSPS) is 10.9. The minimum Gasteiger partial charge on any atom is -0.313 e. The molecule has 0 saturated carbocycles. The predicted octanol–water partition coefficient (Wildman–Crippen LogP) is 3.58. The topological polar surface area (TPSA) is 15.3 Å². The Bertz CT molecular complexity index is 360. The van der Waals surface area contributed by atoms with E-state index in [9.17, 15) is 0 Å². The van der Waals surface area contributed by atoms with Crippen molar-refractivity contribution in [2.45, 2.75) is 39.8 Å². The van der Waals surface area contributed by atoms with Gasteiger partial charge in [0.05, 0.1) is 0 Å². The standard InChI is InChI=1S/C17H28N2/c1-4-11-18-14-16-9-7-8-10-17(16)15-19(12-5-2)13-6-3/h5,7-10,18H,2,4,6,11-15H2,1,3H3. The highest BCUT2D eigenvalue weighted by molar-refractivity contribution is 5.27. The van der Waals surface area contributed by atoms with Gasteiger partial charge in [-0.05, 0) is 37.1 Å². The molecule has 0 aromatic heterocycles. The van der Waals surface area contributed by atoms with Crippen molar-refractivity contribution >= 4 is 0 Å². The number of benzene rings is 1. The molecule has 0 radical (unpaired) electrons. The fourth-order valence-corrected chi connectivity index (χ4v) is 2.26. The van der Waals surface area contributed by atoms with Crippen molar-refractivity contribution in [3.8, 4) is 0 Å². The van der Waals surface area contributed by atoms with E-state index in [-0.39, 0.29) is 0 Å².